The number of nitrogens with one attached hydrogen (secondary N) is 1. The molecule has 0 saturated carbocycles. The van der Waals surface area contributed by atoms with Crippen LogP contribution in [-0.2, 0) is 10.0 Å². The van der Waals surface area contributed by atoms with E-state index >= 15 is 0 Å². The second-order valence-corrected chi connectivity index (χ2v) is 5.98. The van der Waals surface area contributed by atoms with Crippen LogP contribution in [0.3, 0.4) is 0 Å². The fraction of sp³-hybridized carbons (Fsp3) is 0.500. The molecule has 84 valence electrons. The fourth-order valence-corrected chi connectivity index (χ4v) is 2.00. The van der Waals surface area contributed by atoms with Gasteiger partial charge in [0.25, 0.3) is 0 Å². The topological polar surface area (TPSA) is 59.1 Å². The highest BCUT2D eigenvalue weighted by atomic mass is 32.2. The molecule has 1 rings (SSSR count). The zero-order valence-corrected chi connectivity index (χ0v) is 9.95. The molecule has 0 radical (unpaired) electrons. The van der Waals surface area contributed by atoms with Crippen molar-refractivity contribution < 1.29 is 8.42 Å². The molecule has 0 saturated heterocycles. The lowest BCUT2D eigenvalue weighted by Gasteiger charge is -2.16. The number of nitrogens with zero attached hydrogens (tertiary/aromatic N) is 1. The van der Waals surface area contributed by atoms with Crippen LogP contribution in [0.5, 0.6) is 0 Å². The summed E-state index contributed by atoms with van der Waals surface area (Å²) in [5, 5.41) is -0.415. The van der Waals surface area contributed by atoms with E-state index in [-0.39, 0.29) is 6.04 Å². The van der Waals surface area contributed by atoms with Gasteiger partial charge in [-0.2, -0.15) is 0 Å². The molecule has 0 unspecified atom stereocenters. The van der Waals surface area contributed by atoms with Gasteiger partial charge in [0.1, 0.15) is 0 Å². The van der Waals surface area contributed by atoms with Gasteiger partial charge in [0.05, 0.1) is 5.25 Å². The van der Waals surface area contributed by atoms with Gasteiger partial charge in [-0.15, -0.1) is 0 Å². The van der Waals surface area contributed by atoms with Crippen LogP contribution in [0, 0.1) is 0 Å². The van der Waals surface area contributed by atoms with E-state index in [2.05, 4.69) is 9.71 Å². The van der Waals surface area contributed by atoms with E-state index in [1.807, 2.05) is 6.92 Å². The third kappa shape index (κ3) is 3.28. The summed E-state index contributed by atoms with van der Waals surface area (Å²) in [5.41, 5.74) is 0.911. The van der Waals surface area contributed by atoms with Gasteiger partial charge in [0.15, 0.2) is 0 Å². The minimum Gasteiger partial charge on any atom is -0.265 e. The van der Waals surface area contributed by atoms with Crippen LogP contribution in [0.25, 0.3) is 0 Å². The molecule has 0 spiro atoms. The Labute approximate surface area is 90.8 Å². The first kappa shape index (κ1) is 12.1. The van der Waals surface area contributed by atoms with E-state index in [0.717, 1.165) is 5.56 Å². The van der Waals surface area contributed by atoms with Gasteiger partial charge in [-0.1, -0.05) is 0 Å². The molecule has 0 aliphatic rings. The maximum atomic E-state index is 11.6. The first-order chi connectivity index (χ1) is 6.93. The average Bonchev–Trinajstić information content (AvgIpc) is 2.18. The van der Waals surface area contributed by atoms with E-state index in [4.69, 9.17) is 0 Å². The number of hydrogen-bond donors (Lipinski definition) is 1. The Balaban J connectivity index is 2.77. The molecular formula is C10H16N2O2S. The summed E-state index contributed by atoms with van der Waals surface area (Å²) in [7, 11) is -3.22. The molecule has 1 heterocycles. The van der Waals surface area contributed by atoms with Crippen LogP contribution in [0.15, 0.2) is 24.5 Å². The smallest absolute Gasteiger partial charge is 0.214 e. The van der Waals surface area contributed by atoms with Crippen molar-refractivity contribution in [1.82, 2.24) is 9.71 Å². The van der Waals surface area contributed by atoms with Gasteiger partial charge in [0.2, 0.25) is 10.0 Å². The molecule has 1 aromatic rings. The van der Waals surface area contributed by atoms with Crippen molar-refractivity contribution in [2.45, 2.75) is 32.1 Å². The van der Waals surface area contributed by atoms with Crippen LogP contribution in [0.1, 0.15) is 32.4 Å². The Kier molecular flexibility index (Phi) is 3.82. The van der Waals surface area contributed by atoms with Crippen molar-refractivity contribution in [2.24, 2.45) is 0 Å². The monoisotopic (exact) mass is 228 g/mol. The third-order valence-electron chi connectivity index (χ3n) is 2.17. The Hall–Kier alpha value is -0.940. The molecule has 0 aliphatic carbocycles. The zero-order valence-electron chi connectivity index (χ0n) is 9.14. The summed E-state index contributed by atoms with van der Waals surface area (Å²) in [6.45, 7) is 5.12. The van der Waals surface area contributed by atoms with Crippen molar-refractivity contribution in [2.75, 3.05) is 0 Å². The standard InChI is InChI=1S/C10H16N2O2S/c1-8(2)15(13,14)12-9(3)10-4-6-11-7-5-10/h4-9,12H,1-3H3/t9-/m0/s1. The van der Waals surface area contributed by atoms with Crippen molar-refractivity contribution in [1.29, 1.82) is 0 Å². The summed E-state index contributed by atoms with van der Waals surface area (Å²) in [4.78, 5) is 3.88. The minimum absolute atomic E-state index is 0.222. The van der Waals surface area contributed by atoms with E-state index in [1.54, 1.807) is 38.4 Å². The minimum atomic E-state index is -3.22. The Morgan fingerprint density at radius 2 is 1.73 bits per heavy atom. The van der Waals surface area contributed by atoms with Gasteiger partial charge in [0, 0.05) is 18.4 Å². The van der Waals surface area contributed by atoms with E-state index in [1.165, 1.54) is 0 Å². The lowest BCUT2D eigenvalue weighted by molar-refractivity contribution is 0.558. The van der Waals surface area contributed by atoms with Crippen LogP contribution in [0.2, 0.25) is 0 Å². The average molecular weight is 228 g/mol. The molecule has 15 heavy (non-hydrogen) atoms. The highest BCUT2D eigenvalue weighted by Crippen LogP contribution is 2.12. The highest BCUT2D eigenvalue weighted by molar-refractivity contribution is 7.90. The first-order valence-corrected chi connectivity index (χ1v) is 6.39. The molecule has 0 bridgehead atoms. The Morgan fingerprint density at radius 3 is 2.20 bits per heavy atom. The molecule has 5 heteroatoms. The van der Waals surface area contributed by atoms with Gasteiger partial charge >= 0.3 is 0 Å². The molecular weight excluding hydrogens is 212 g/mol. The highest BCUT2D eigenvalue weighted by Gasteiger charge is 2.19. The summed E-state index contributed by atoms with van der Waals surface area (Å²) in [6.07, 6.45) is 3.30. The molecule has 0 aliphatic heterocycles. The zero-order chi connectivity index (χ0) is 11.5. The molecule has 1 N–H and O–H groups in total. The molecule has 4 nitrogen and oxygen atoms in total. The largest absolute Gasteiger partial charge is 0.265 e. The van der Waals surface area contributed by atoms with Crippen LogP contribution >= 0.6 is 0 Å². The molecule has 1 atom stereocenters. The van der Waals surface area contributed by atoms with Crippen LogP contribution in [0.4, 0.5) is 0 Å². The normalized spacial score (nSPS) is 14.1. The van der Waals surface area contributed by atoms with Gasteiger partial charge in [-0.25, -0.2) is 13.1 Å². The SMILES string of the molecule is CC(C)S(=O)(=O)N[C@@H](C)c1ccncc1. The Bertz CT molecular complexity index is 401. The number of hydrogen-bond acceptors (Lipinski definition) is 3. The quantitative estimate of drug-likeness (QED) is 0.849. The van der Waals surface area contributed by atoms with Crippen molar-refractivity contribution in [3.05, 3.63) is 30.1 Å². The predicted octanol–water partition coefficient (Wildman–Crippen LogP) is 1.47. The van der Waals surface area contributed by atoms with E-state index in [9.17, 15) is 8.42 Å². The summed E-state index contributed by atoms with van der Waals surface area (Å²) in [6, 6.07) is 3.38. The van der Waals surface area contributed by atoms with E-state index in [0.29, 0.717) is 0 Å². The molecule has 1 aromatic heterocycles. The maximum Gasteiger partial charge on any atom is 0.214 e. The summed E-state index contributed by atoms with van der Waals surface area (Å²) < 4.78 is 25.8. The molecule has 0 fully saturated rings. The number of aromatic nitrogens is 1. The van der Waals surface area contributed by atoms with Crippen LogP contribution in [-0.4, -0.2) is 18.7 Å². The van der Waals surface area contributed by atoms with Gasteiger partial charge < -0.3 is 0 Å². The third-order valence-corrected chi connectivity index (χ3v) is 4.09. The first-order valence-electron chi connectivity index (χ1n) is 4.84. The fourth-order valence-electron chi connectivity index (χ4n) is 1.10. The van der Waals surface area contributed by atoms with E-state index < -0.39 is 15.3 Å². The lowest BCUT2D eigenvalue weighted by atomic mass is 10.1. The maximum absolute atomic E-state index is 11.6. The Morgan fingerprint density at radius 1 is 1.20 bits per heavy atom. The second kappa shape index (κ2) is 4.72. The van der Waals surface area contributed by atoms with Gasteiger partial charge in [-0.05, 0) is 38.5 Å². The number of pyridine rings is 1. The number of sulfonamides is 1. The van der Waals surface area contributed by atoms with Crippen molar-refractivity contribution in [3.8, 4) is 0 Å². The second-order valence-electron chi connectivity index (χ2n) is 3.71. The van der Waals surface area contributed by atoms with Crippen molar-refractivity contribution >= 4 is 10.0 Å². The summed E-state index contributed by atoms with van der Waals surface area (Å²) in [5.74, 6) is 0. The summed E-state index contributed by atoms with van der Waals surface area (Å²) >= 11 is 0. The van der Waals surface area contributed by atoms with Gasteiger partial charge in [-0.3, -0.25) is 4.98 Å². The number of rotatable bonds is 4. The van der Waals surface area contributed by atoms with Crippen molar-refractivity contribution in [3.63, 3.8) is 0 Å². The lowest BCUT2D eigenvalue weighted by Crippen LogP contribution is -2.32. The predicted molar refractivity (Wildman–Crippen MR) is 59.8 cm³/mol. The van der Waals surface area contributed by atoms with Crippen LogP contribution < -0.4 is 4.72 Å². The molecule has 0 aromatic carbocycles. The molecule has 0 amide bonds.